The van der Waals surface area contributed by atoms with Crippen molar-refractivity contribution in [2.45, 2.75) is 19.9 Å². The molecular weight excluding hydrogens is 226 g/mol. The van der Waals surface area contributed by atoms with Crippen LogP contribution in [0.4, 0.5) is 5.69 Å². The molecule has 0 spiro atoms. The van der Waals surface area contributed by atoms with Crippen LogP contribution in [-0.4, -0.2) is 16.5 Å². The Balaban J connectivity index is 2.19. The minimum atomic E-state index is -0.475. The summed E-state index contributed by atoms with van der Waals surface area (Å²) < 4.78 is 2.04. The van der Waals surface area contributed by atoms with Crippen molar-refractivity contribution in [3.05, 3.63) is 30.5 Å². The number of anilines is 1. The fourth-order valence-electron chi connectivity index (χ4n) is 1.89. The highest BCUT2D eigenvalue weighted by atomic mass is 16.2. The van der Waals surface area contributed by atoms with E-state index in [0.717, 1.165) is 16.6 Å². The number of aromatic nitrogens is 1. The molecule has 18 heavy (non-hydrogen) atoms. The lowest BCUT2D eigenvalue weighted by Gasteiger charge is -2.15. The summed E-state index contributed by atoms with van der Waals surface area (Å²) >= 11 is 0. The van der Waals surface area contributed by atoms with Crippen LogP contribution in [0.5, 0.6) is 0 Å². The van der Waals surface area contributed by atoms with Crippen LogP contribution < -0.4 is 11.1 Å². The fraction of sp³-hybridized carbons (Fsp3) is 0.357. The molecule has 0 fully saturated rings. The van der Waals surface area contributed by atoms with Crippen molar-refractivity contribution in [2.75, 3.05) is 5.32 Å². The maximum Gasteiger partial charge on any atom is 0.241 e. The van der Waals surface area contributed by atoms with Crippen LogP contribution in [0.25, 0.3) is 10.9 Å². The van der Waals surface area contributed by atoms with Gasteiger partial charge in [-0.1, -0.05) is 13.8 Å². The molecule has 1 aromatic heterocycles. The number of carbonyl (C=O) groups excluding carboxylic acids is 1. The van der Waals surface area contributed by atoms with E-state index in [1.165, 1.54) is 0 Å². The molecule has 0 aliphatic carbocycles. The second-order valence-electron chi connectivity index (χ2n) is 4.96. The first-order chi connectivity index (χ1) is 8.49. The molecule has 96 valence electrons. The van der Waals surface area contributed by atoms with E-state index in [2.05, 4.69) is 5.32 Å². The van der Waals surface area contributed by atoms with Gasteiger partial charge in [-0.15, -0.1) is 0 Å². The average Bonchev–Trinajstić information content (AvgIpc) is 2.69. The summed E-state index contributed by atoms with van der Waals surface area (Å²) in [4.78, 5) is 11.9. The van der Waals surface area contributed by atoms with Gasteiger partial charge in [0.05, 0.1) is 6.04 Å². The molecule has 2 rings (SSSR count). The number of hydrogen-bond donors (Lipinski definition) is 2. The summed E-state index contributed by atoms with van der Waals surface area (Å²) in [6.07, 6.45) is 2.00. The number of aryl methyl sites for hydroxylation is 1. The van der Waals surface area contributed by atoms with Crippen LogP contribution in [0.2, 0.25) is 0 Å². The molecule has 4 nitrogen and oxygen atoms in total. The minimum absolute atomic E-state index is 0.130. The van der Waals surface area contributed by atoms with Crippen molar-refractivity contribution in [1.29, 1.82) is 0 Å². The van der Waals surface area contributed by atoms with E-state index < -0.39 is 6.04 Å². The maximum atomic E-state index is 11.9. The number of amides is 1. The number of hydrogen-bond acceptors (Lipinski definition) is 2. The third kappa shape index (κ3) is 2.38. The Labute approximate surface area is 107 Å². The molecule has 1 aromatic carbocycles. The average molecular weight is 245 g/mol. The van der Waals surface area contributed by atoms with Gasteiger partial charge in [0.15, 0.2) is 0 Å². The zero-order chi connectivity index (χ0) is 13.3. The van der Waals surface area contributed by atoms with Gasteiger partial charge in [-0.3, -0.25) is 4.79 Å². The van der Waals surface area contributed by atoms with Crippen molar-refractivity contribution >= 4 is 22.5 Å². The predicted octanol–water partition coefficient (Wildman–Crippen LogP) is 2.10. The zero-order valence-corrected chi connectivity index (χ0v) is 11.0. The van der Waals surface area contributed by atoms with Gasteiger partial charge in [-0.05, 0) is 30.2 Å². The van der Waals surface area contributed by atoms with E-state index in [0.29, 0.717) is 0 Å². The molecule has 0 aliphatic rings. The number of rotatable bonds is 3. The number of nitrogens with two attached hydrogens (primary N) is 1. The molecule has 1 atom stereocenters. The van der Waals surface area contributed by atoms with Gasteiger partial charge in [-0.2, -0.15) is 0 Å². The number of nitrogens with one attached hydrogen (secondary N) is 1. The van der Waals surface area contributed by atoms with E-state index in [-0.39, 0.29) is 11.8 Å². The Hall–Kier alpha value is -1.81. The zero-order valence-electron chi connectivity index (χ0n) is 11.0. The molecule has 0 saturated heterocycles. The first kappa shape index (κ1) is 12.6. The lowest BCUT2D eigenvalue weighted by Crippen LogP contribution is -2.39. The van der Waals surface area contributed by atoms with Crippen LogP contribution in [0, 0.1) is 5.92 Å². The Morgan fingerprint density at radius 1 is 1.33 bits per heavy atom. The van der Waals surface area contributed by atoms with Crippen molar-refractivity contribution in [1.82, 2.24) is 4.57 Å². The third-order valence-electron chi connectivity index (χ3n) is 3.17. The SMILES string of the molecule is CC(C)[C@H](N)C(=O)Nc1ccc2c(ccn2C)c1. The Kier molecular flexibility index (Phi) is 3.39. The molecule has 0 bridgehead atoms. The van der Waals surface area contributed by atoms with Gasteiger partial charge >= 0.3 is 0 Å². The lowest BCUT2D eigenvalue weighted by molar-refractivity contribution is -0.118. The Morgan fingerprint density at radius 3 is 2.72 bits per heavy atom. The highest BCUT2D eigenvalue weighted by Gasteiger charge is 2.17. The van der Waals surface area contributed by atoms with Crippen LogP contribution in [0.1, 0.15) is 13.8 Å². The molecule has 0 radical (unpaired) electrons. The second kappa shape index (κ2) is 4.82. The van der Waals surface area contributed by atoms with Gasteiger partial charge in [0.25, 0.3) is 0 Å². The molecule has 1 amide bonds. The highest BCUT2D eigenvalue weighted by Crippen LogP contribution is 2.20. The summed E-state index contributed by atoms with van der Waals surface area (Å²) in [5.74, 6) is -0.00858. The van der Waals surface area contributed by atoms with E-state index in [4.69, 9.17) is 5.73 Å². The number of benzene rings is 1. The normalized spacial score (nSPS) is 12.9. The summed E-state index contributed by atoms with van der Waals surface area (Å²) in [5, 5.41) is 3.96. The largest absolute Gasteiger partial charge is 0.351 e. The monoisotopic (exact) mass is 245 g/mol. The molecule has 2 aromatic rings. The van der Waals surface area contributed by atoms with Gasteiger partial charge in [0.2, 0.25) is 5.91 Å². The molecule has 0 saturated carbocycles. The minimum Gasteiger partial charge on any atom is -0.351 e. The van der Waals surface area contributed by atoms with Gasteiger partial charge in [0, 0.05) is 29.8 Å². The van der Waals surface area contributed by atoms with Gasteiger partial charge in [-0.25, -0.2) is 0 Å². The first-order valence-corrected chi connectivity index (χ1v) is 6.10. The quantitative estimate of drug-likeness (QED) is 0.870. The Morgan fingerprint density at radius 2 is 2.06 bits per heavy atom. The van der Waals surface area contributed by atoms with Gasteiger partial charge in [0.1, 0.15) is 0 Å². The molecule has 0 aliphatic heterocycles. The lowest BCUT2D eigenvalue weighted by atomic mass is 10.0. The smallest absolute Gasteiger partial charge is 0.241 e. The fourth-order valence-corrected chi connectivity index (χ4v) is 1.89. The van der Waals surface area contributed by atoms with E-state index >= 15 is 0 Å². The van der Waals surface area contributed by atoms with Crippen LogP contribution in [-0.2, 0) is 11.8 Å². The van der Waals surface area contributed by atoms with E-state index in [9.17, 15) is 4.79 Å². The standard InChI is InChI=1S/C14H19N3O/c1-9(2)13(15)14(18)16-11-4-5-12-10(8-11)6-7-17(12)3/h4-9,13H,15H2,1-3H3,(H,16,18)/t13-/m0/s1. The highest BCUT2D eigenvalue weighted by molar-refractivity contribution is 5.96. The van der Waals surface area contributed by atoms with Gasteiger partial charge < -0.3 is 15.6 Å². The van der Waals surface area contributed by atoms with Crippen molar-refractivity contribution in [3.8, 4) is 0 Å². The van der Waals surface area contributed by atoms with E-state index in [1.54, 1.807) is 0 Å². The topological polar surface area (TPSA) is 60.1 Å². The summed E-state index contributed by atoms with van der Waals surface area (Å²) in [5.41, 5.74) is 7.74. The van der Waals surface area contributed by atoms with Crippen molar-refractivity contribution in [2.24, 2.45) is 18.7 Å². The number of carbonyl (C=O) groups is 1. The van der Waals surface area contributed by atoms with Crippen LogP contribution >= 0.6 is 0 Å². The van der Waals surface area contributed by atoms with E-state index in [1.807, 2.05) is 55.9 Å². The molecule has 4 heteroatoms. The van der Waals surface area contributed by atoms with Crippen LogP contribution in [0.15, 0.2) is 30.5 Å². The van der Waals surface area contributed by atoms with Crippen LogP contribution in [0.3, 0.4) is 0 Å². The summed E-state index contributed by atoms with van der Waals surface area (Å²) in [6.45, 7) is 3.87. The first-order valence-electron chi connectivity index (χ1n) is 6.10. The number of fused-ring (bicyclic) bond motifs is 1. The Bertz CT molecular complexity index is 571. The van der Waals surface area contributed by atoms with Crippen molar-refractivity contribution in [3.63, 3.8) is 0 Å². The van der Waals surface area contributed by atoms with Crippen molar-refractivity contribution < 1.29 is 4.79 Å². The summed E-state index contributed by atoms with van der Waals surface area (Å²) in [7, 11) is 2.00. The third-order valence-corrected chi connectivity index (χ3v) is 3.17. The predicted molar refractivity (Wildman–Crippen MR) is 74.4 cm³/mol. The summed E-state index contributed by atoms with van der Waals surface area (Å²) in [6, 6.07) is 7.39. The molecule has 1 heterocycles. The second-order valence-corrected chi connectivity index (χ2v) is 4.96. The number of nitrogens with zero attached hydrogens (tertiary/aromatic N) is 1. The molecular formula is C14H19N3O. The molecule has 0 unspecified atom stereocenters. The maximum absolute atomic E-state index is 11.9. The molecule has 3 N–H and O–H groups in total.